The van der Waals surface area contributed by atoms with E-state index < -0.39 is 16.3 Å². The molecule has 0 unspecified atom stereocenters. The van der Waals surface area contributed by atoms with E-state index in [1.165, 1.54) is 30.1 Å². The van der Waals surface area contributed by atoms with Crippen LogP contribution >= 0.6 is 0 Å². The smallest absolute Gasteiger partial charge is 0.339 e. The first kappa shape index (κ1) is 22.6. The lowest BCUT2D eigenvalue weighted by Crippen LogP contribution is -2.26. The van der Waals surface area contributed by atoms with Crippen LogP contribution in [0.5, 0.6) is 5.75 Å². The highest BCUT2D eigenvalue weighted by molar-refractivity contribution is 7.87. The van der Waals surface area contributed by atoms with Crippen LogP contribution in [0.15, 0.2) is 101 Å². The first-order valence-electron chi connectivity index (χ1n) is 11.0. The number of benzene rings is 4. The fraction of sp³-hybridized carbons (Fsp3) is 0.111. The lowest BCUT2D eigenvalue weighted by atomic mass is 10.1. The van der Waals surface area contributed by atoms with E-state index in [4.69, 9.17) is 8.92 Å². The molecule has 7 nitrogen and oxygen atoms in total. The third-order valence-electron chi connectivity index (χ3n) is 5.66. The molecule has 5 rings (SSSR count). The first-order valence-corrected chi connectivity index (χ1v) is 12.4. The highest BCUT2D eigenvalue weighted by atomic mass is 32.2. The Labute approximate surface area is 203 Å². The largest absolute Gasteiger partial charge is 0.446 e. The number of hydrogen-bond donors (Lipinski definition) is 0. The Morgan fingerprint density at radius 2 is 1.60 bits per heavy atom. The molecular formula is C27H22N2O5S. The van der Waals surface area contributed by atoms with Crippen molar-refractivity contribution in [1.82, 2.24) is 5.01 Å². The van der Waals surface area contributed by atoms with Gasteiger partial charge in [0, 0.05) is 12.5 Å². The summed E-state index contributed by atoms with van der Waals surface area (Å²) in [7, 11) is -4.11. The van der Waals surface area contributed by atoms with Crippen LogP contribution < -0.4 is 4.18 Å². The van der Waals surface area contributed by atoms with Gasteiger partial charge in [-0.3, -0.25) is 4.79 Å². The van der Waals surface area contributed by atoms with Crippen LogP contribution in [0.4, 0.5) is 0 Å². The molecule has 0 aromatic heterocycles. The molecule has 0 bridgehead atoms. The van der Waals surface area contributed by atoms with Crippen molar-refractivity contribution >= 4 is 32.7 Å². The Balaban J connectivity index is 1.49. The molecule has 1 heterocycles. The van der Waals surface area contributed by atoms with Crippen molar-refractivity contribution < 1.29 is 22.1 Å². The minimum absolute atomic E-state index is 0.0294. The number of amides is 1. The van der Waals surface area contributed by atoms with E-state index in [1.807, 2.05) is 49.4 Å². The number of carbonyl (C=O) groups is 1. The van der Waals surface area contributed by atoms with Crippen LogP contribution in [0.1, 0.15) is 29.8 Å². The van der Waals surface area contributed by atoms with E-state index in [0.29, 0.717) is 11.1 Å². The fourth-order valence-corrected chi connectivity index (χ4v) is 4.79. The molecule has 0 saturated heterocycles. The van der Waals surface area contributed by atoms with Gasteiger partial charge in [0.1, 0.15) is 4.90 Å². The zero-order chi connectivity index (χ0) is 24.6. The maximum Gasteiger partial charge on any atom is 0.339 e. The van der Waals surface area contributed by atoms with Gasteiger partial charge in [0.25, 0.3) is 0 Å². The summed E-state index contributed by atoms with van der Waals surface area (Å²) < 4.78 is 37.5. The molecule has 0 radical (unpaired) electrons. The minimum atomic E-state index is -4.11. The average Bonchev–Trinajstić information content (AvgIpc) is 3.30. The van der Waals surface area contributed by atoms with E-state index in [2.05, 4.69) is 5.10 Å². The summed E-state index contributed by atoms with van der Waals surface area (Å²) in [4.78, 5) is 12.5. The van der Waals surface area contributed by atoms with Crippen molar-refractivity contribution in [3.63, 3.8) is 0 Å². The monoisotopic (exact) mass is 486 g/mol. The molecule has 0 fully saturated rings. The molecule has 1 aliphatic heterocycles. The molecule has 4 aromatic carbocycles. The molecule has 0 spiro atoms. The van der Waals surface area contributed by atoms with E-state index in [0.717, 1.165) is 16.3 Å². The average molecular weight is 487 g/mol. The van der Waals surface area contributed by atoms with Crippen molar-refractivity contribution in [2.75, 3.05) is 0 Å². The van der Waals surface area contributed by atoms with Crippen LogP contribution in [0.3, 0.4) is 0 Å². The van der Waals surface area contributed by atoms with Crippen LogP contribution in [0, 0.1) is 6.92 Å². The zero-order valence-corrected chi connectivity index (χ0v) is 19.9. The number of hydrazone groups is 1. The van der Waals surface area contributed by atoms with Gasteiger partial charge in [-0.15, -0.1) is 5.10 Å². The fourth-order valence-electron chi connectivity index (χ4n) is 3.84. The molecule has 8 heteroatoms. The number of fused-ring (bicyclic) bond motifs is 1. The molecule has 1 amide bonds. The summed E-state index contributed by atoms with van der Waals surface area (Å²) in [6.45, 7) is 3.24. The molecule has 1 atom stereocenters. The topological polar surface area (TPSA) is 85.3 Å². The summed E-state index contributed by atoms with van der Waals surface area (Å²) in [5.41, 5.74) is 1.99. The molecule has 0 saturated carbocycles. The van der Waals surface area contributed by atoms with Gasteiger partial charge in [-0.05, 0) is 54.1 Å². The van der Waals surface area contributed by atoms with Crippen LogP contribution in [-0.2, 0) is 19.6 Å². The van der Waals surface area contributed by atoms with Crippen LogP contribution in [0.2, 0.25) is 0 Å². The van der Waals surface area contributed by atoms with Crippen molar-refractivity contribution in [3.05, 3.63) is 108 Å². The SMILES string of the molecule is CC(=O)N1N=C(c2ccc3ccccc3c2)O[C@@H]1c1ccccc1OS(=O)(=O)c1ccc(C)cc1. The number of ether oxygens (including phenoxy) is 1. The molecule has 4 aromatic rings. The Kier molecular flexibility index (Phi) is 5.74. The summed E-state index contributed by atoms with van der Waals surface area (Å²) in [5, 5.41) is 7.65. The Morgan fingerprint density at radius 3 is 2.34 bits per heavy atom. The van der Waals surface area contributed by atoms with Gasteiger partial charge in [0.05, 0.1) is 5.56 Å². The van der Waals surface area contributed by atoms with Gasteiger partial charge in [-0.2, -0.15) is 13.4 Å². The lowest BCUT2D eigenvalue weighted by molar-refractivity contribution is -0.135. The van der Waals surface area contributed by atoms with Gasteiger partial charge in [0.2, 0.25) is 18.0 Å². The maximum atomic E-state index is 12.9. The van der Waals surface area contributed by atoms with Crippen LogP contribution in [-0.4, -0.2) is 25.2 Å². The Morgan fingerprint density at radius 1 is 0.914 bits per heavy atom. The molecule has 1 aliphatic rings. The summed E-state index contributed by atoms with van der Waals surface area (Å²) in [5.74, 6) is -0.0478. The van der Waals surface area contributed by atoms with Gasteiger partial charge in [0.15, 0.2) is 5.75 Å². The number of hydrogen-bond acceptors (Lipinski definition) is 6. The third-order valence-corrected chi connectivity index (χ3v) is 6.91. The highest BCUT2D eigenvalue weighted by Gasteiger charge is 2.36. The quantitative estimate of drug-likeness (QED) is 0.364. The van der Waals surface area contributed by atoms with Gasteiger partial charge in [-0.1, -0.05) is 60.2 Å². The van der Waals surface area contributed by atoms with E-state index in [-0.39, 0.29) is 22.4 Å². The second kappa shape index (κ2) is 8.88. The molecule has 176 valence electrons. The van der Waals surface area contributed by atoms with Crippen LogP contribution in [0.25, 0.3) is 10.8 Å². The van der Waals surface area contributed by atoms with Gasteiger partial charge >= 0.3 is 10.1 Å². The standard InChI is InChI=1S/C27H22N2O5S/c1-18-11-15-23(16-12-18)35(31,32)34-25-10-6-5-9-24(25)27-29(19(2)30)28-26(33-27)22-14-13-20-7-3-4-8-21(20)17-22/h3-17,27H,1-2H3/t27-/m1/s1. The molecular weight excluding hydrogens is 464 g/mol. The normalized spacial score (nSPS) is 15.5. The number of carbonyl (C=O) groups excluding carboxylic acids is 1. The van der Waals surface area contributed by atoms with Crippen molar-refractivity contribution in [1.29, 1.82) is 0 Å². The maximum absolute atomic E-state index is 12.9. The second-order valence-corrected chi connectivity index (χ2v) is 9.74. The van der Waals surface area contributed by atoms with E-state index in [1.54, 1.807) is 30.3 Å². The minimum Gasteiger partial charge on any atom is -0.446 e. The van der Waals surface area contributed by atoms with Crippen molar-refractivity contribution in [2.45, 2.75) is 25.0 Å². The van der Waals surface area contributed by atoms with Crippen molar-refractivity contribution in [3.8, 4) is 5.75 Å². The zero-order valence-electron chi connectivity index (χ0n) is 19.1. The molecule has 35 heavy (non-hydrogen) atoms. The Bertz CT molecular complexity index is 1560. The third kappa shape index (κ3) is 4.48. The molecule has 0 N–H and O–H groups in total. The molecule has 0 aliphatic carbocycles. The second-order valence-electron chi connectivity index (χ2n) is 8.19. The highest BCUT2D eigenvalue weighted by Crippen LogP contribution is 2.37. The van der Waals surface area contributed by atoms with Gasteiger partial charge in [-0.25, -0.2) is 0 Å². The predicted octanol–water partition coefficient (Wildman–Crippen LogP) is 5.16. The summed E-state index contributed by atoms with van der Waals surface area (Å²) in [6, 6.07) is 26.6. The number of para-hydroxylation sites is 1. The Hall–Kier alpha value is -4.17. The van der Waals surface area contributed by atoms with Crippen molar-refractivity contribution in [2.24, 2.45) is 5.10 Å². The number of aryl methyl sites for hydroxylation is 1. The first-order chi connectivity index (χ1) is 16.8. The number of nitrogens with zero attached hydrogens (tertiary/aromatic N) is 2. The van der Waals surface area contributed by atoms with E-state index in [9.17, 15) is 13.2 Å². The number of rotatable bonds is 5. The van der Waals surface area contributed by atoms with E-state index >= 15 is 0 Å². The summed E-state index contributed by atoms with van der Waals surface area (Å²) >= 11 is 0. The van der Waals surface area contributed by atoms with Gasteiger partial charge < -0.3 is 8.92 Å². The predicted molar refractivity (Wildman–Crippen MR) is 132 cm³/mol. The lowest BCUT2D eigenvalue weighted by Gasteiger charge is -2.21. The summed E-state index contributed by atoms with van der Waals surface area (Å²) in [6.07, 6.45) is -0.988.